The first kappa shape index (κ1) is 26.8. The number of fused-ring (bicyclic) bond motifs is 1. The van der Waals surface area contributed by atoms with Crippen LogP contribution < -0.4 is 15.4 Å². The number of aromatic nitrogens is 1. The lowest BCUT2D eigenvalue weighted by molar-refractivity contribution is -0.150. The lowest BCUT2D eigenvalue weighted by atomic mass is 10.0. The van der Waals surface area contributed by atoms with Crippen LogP contribution in [0.3, 0.4) is 0 Å². The number of carbonyl (C=O) groups excluding carboxylic acids is 3. The first-order valence-corrected chi connectivity index (χ1v) is 12.5. The minimum Gasteiger partial charge on any atom is -0.497 e. The van der Waals surface area contributed by atoms with E-state index in [1.54, 1.807) is 37.6 Å². The van der Waals surface area contributed by atoms with E-state index in [0.717, 1.165) is 27.8 Å². The number of aromatic amines is 1. The van der Waals surface area contributed by atoms with Gasteiger partial charge in [-0.05, 0) is 60.0 Å². The molecule has 1 heterocycles. The number of benzene rings is 3. The first-order chi connectivity index (χ1) is 18.4. The highest BCUT2D eigenvalue weighted by Gasteiger charge is 2.25. The van der Waals surface area contributed by atoms with Crippen molar-refractivity contribution in [3.63, 3.8) is 0 Å². The van der Waals surface area contributed by atoms with Gasteiger partial charge in [-0.1, -0.05) is 41.9 Å². The molecule has 0 aliphatic heterocycles. The topological polar surface area (TPSA) is 110 Å². The Balaban J connectivity index is 1.36. The summed E-state index contributed by atoms with van der Waals surface area (Å²) in [4.78, 5) is 41.4. The molecule has 8 nitrogen and oxygen atoms in total. The molecule has 1 atom stereocenters. The Morgan fingerprint density at radius 2 is 1.71 bits per heavy atom. The van der Waals surface area contributed by atoms with Crippen LogP contribution in [0.5, 0.6) is 5.75 Å². The Bertz CT molecular complexity index is 1400. The maximum atomic E-state index is 13.0. The number of rotatable bonds is 11. The van der Waals surface area contributed by atoms with E-state index in [-0.39, 0.29) is 6.42 Å². The maximum absolute atomic E-state index is 13.0. The predicted octanol–water partition coefficient (Wildman–Crippen LogP) is 4.07. The van der Waals surface area contributed by atoms with E-state index in [4.69, 9.17) is 21.1 Å². The minimum atomic E-state index is -1.01. The highest BCUT2D eigenvalue weighted by Crippen LogP contribution is 2.20. The maximum Gasteiger partial charge on any atom is 0.329 e. The Kier molecular flexibility index (Phi) is 9.00. The monoisotopic (exact) mass is 533 g/mol. The van der Waals surface area contributed by atoms with Crippen LogP contribution >= 0.6 is 11.6 Å². The number of esters is 1. The van der Waals surface area contributed by atoms with E-state index in [2.05, 4.69) is 15.6 Å². The second-order valence-corrected chi connectivity index (χ2v) is 9.09. The SMILES string of the molecule is COc1ccc(CCNC(=O)COC(=O)C(Cc2c[nH]c3ccccc23)NC(=O)c2ccc(Cl)cc2)cc1. The smallest absolute Gasteiger partial charge is 0.329 e. The van der Waals surface area contributed by atoms with E-state index in [9.17, 15) is 14.4 Å². The summed E-state index contributed by atoms with van der Waals surface area (Å²) in [6.45, 7) is -0.0720. The fraction of sp³-hybridized carbons (Fsp3) is 0.207. The average Bonchev–Trinajstić information content (AvgIpc) is 3.34. The molecule has 0 aliphatic carbocycles. The van der Waals surface area contributed by atoms with Crippen LogP contribution in [0.25, 0.3) is 10.9 Å². The number of carbonyl (C=O) groups is 3. The zero-order valence-corrected chi connectivity index (χ0v) is 21.6. The van der Waals surface area contributed by atoms with Gasteiger partial charge in [0, 0.05) is 40.7 Å². The molecule has 0 spiro atoms. The molecule has 3 N–H and O–H groups in total. The quantitative estimate of drug-likeness (QED) is 0.252. The number of methoxy groups -OCH3 is 1. The summed E-state index contributed by atoms with van der Waals surface area (Å²) < 4.78 is 10.4. The van der Waals surface area contributed by atoms with Gasteiger partial charge in [0.05, 0.1) is 7.11 Å². The standard InChI is InChI=1S/C29H28ClN3O5/c1-37-23-12-6-19(7-13-23)14-15-31-27(34)18-38-29(36)26(33-28(35)20-8-10-22(30)11-9-20)16-21-17-32-25-5-3-2-4-24(21)25/h2-13,17,26,32H,14-16,18H2,1H3,(H,31,34)(H,33,35). The normalized spacial score (nSPS) is 11.5. The molecule has 0 saturated heterocycles. The van der Waals surface area contributed by atoms with E-state index >= 15 is 0 Å². The van der Waals surface area contributed by atoms with Gasteiger partial charge in [0.2, 0.25) is 0 Å². The van der Waals surface area contributed by atoms with Gasteiger partial charge in [-0.25, -0.2) is 4.79 Å². The largest absolute Gasteiger partial charge is 0.497 e. The van der Waals surface area contributed by atoms with Gasteiger partial charge >= 0.3 is 5.97 Å². The van der Waals surface area contributed by atoms with Crippen molar-refractivity contribution < 1.29 is 23.9 Å². The van der Waals surface area contributed by atoms with Crippen molar-refractivity contribution in [2.75, 3.05) is 20.3 Å². The Morgan fingerprint density at radius 3 is 2.45 bits per heavy atom. The molecular weight excluding hydrogens is 506 g/mol. The molecule has 2 amide bonds. The number of halogens is 1. The molecular formula is C29H28ClN3O5. The van der Waals surface area contributed by atoms with Crippen molar-refractivity contribution in [3.05, 3.63) is 101 Å². The van der Waals surface area contributed by atoms with Crippen LogP contribution in [0, 0.1) is 0 Å². The summed E-state index contributed by atoms with van der Waals surface area (Å²) in [6.07, 6.45) is 2.59. The molecule has 0 fully saturated rings. The van der Waals surface area contributed by atoms with Gasteiger partial charge in [0.25, 0.3) is 11.8 Å². The zero-order valence-electron chi connectivity index (χ0n) is 20.8. The van der Waals surface area contributed by atoms with E-state index in [1.807, 2.05) is 48.5 Å². The zero-order chi connectivity index (χ0) is 26.9. The second kappa shape index (κ2) is 12.8. The lowest BCUT2D eigenvalue weighted by Crippen LogP contribution is -2.44. The molecule has 196 valence electrons. The molecule has 1 aromatic heterocycles. The van der Waals surface area contributed by atoms with Crippen molar-refractivity contribution in [3.8, 4) is 5.75 Å². The molecule has 3 aromatic carbocycles. The second-order valence-electron chi connectivity index (χ2n) is 8.65. The van der Waals surface area contributed by atoms with E-state index < -0.39 is 30.4 Å². The van der Waals surface area contributed by atoms with Crippen molar-refractivity contribution in [2.24, 2.45) is 0 Å². The third kappa shape index (κ3) is 7.14. The van der Waals surface area contributed by atoms with Gasteiger partial charge < -0.3 is 25.1 Å². The molecule has 9 heteroatoms. The highest BCUT2D eigenvalue weighted by molar-refractivity contribution is 6.30. The van der Waals surface area contributed by atoms with Gasteiger partial charge in [-0.3, -0.25) is 9.59 Å². The fourth-order valence-electron chi connectivity index (χ4n) is 3.98. The number of nitrogens with one attached hydrogen (secondary N) is 3. The molecule has 0 radical (unpaired) electrons. The van der Waals surface area contributed by atoms with E-state index in [1.165, 1.54) is 0 Å². The van der Waals surface area contributed by atoms with Crippen molar-refractivity contribution in [2.45, 2.75) is 18.9 Å². The number of hydrogen-bond acceptors (Lipinski definition) is 5. The van der Waals surface area contributed by atoms with Crippen LogP contribution in [-0.2, 0) is 27.2 Å². The number of amides is 2. The van der Waals surface area contributed by atoms with Crippen molar-refractivity contribution in [1.82, 2.24) is 15.6 Å². The summed E-state index contributed by atoms with van der Waals surface area (Å²) in [5, 5.41) is 6.91. The molecule has 4 aromatic rings. The van der Waals surface area contributed by atoms with Crippen LogP contribution in [-0.4, -0.2) is 49.1 Å². The highest BCUT2D eigenvalue weighted by atomic mass is 35.5. The first-order valence-electron chi connectivity index (χ1n) is 12.1. The molecule has 0 bridgehead atoms. The van der Waals surface area contributed by atoms with Crippen molar-refractivity contribution >= 4 is 40.3 Å². The fourth-order valence-corrected chi connectivity index (χ4v) is 4.11. The third-order valence-electron chi connectivity index (χ3n) is 6.04. The minimum absolute atomic E-state index is 0.182. The average molecular weight is 534 g/mol. The van der Waals surface area contributed by atoms with Crippen LogP contribution in [0.1, 0.15) is 21.5 Å². The Labute approximate surface area is 225 Å². The van der Waals surface area contributed by atoms with Gasteiger partial charge in [-0.15, -0.1) is 0 Å². The van der Waals surface area contributed by atoms with Crippen LogP contribution in [0.15, 0.2) is 79.0 Å². The summed E-state index contributed by atoms with van der Waals surface area (Å²) in [7, 11) is 1.60. The summed E-state index contributed by atoms with van der Waals surface area (Å²) in [5.41, 5.74) is 3.13. The van der Waals surface area contributed by atoms with Gasteiger partial charge in [-0.2, -0.15) is 0 Å². The lowest BCUT2D eigenvalue weighted by Gasteiger charge is -2.18. The van der Waals surface area contributed by atoms with Gasteiger partial charge in [0.1, 0.15) is 11.8 Å². The predicted molar refractivity (Wildman–Crippen MR) is 145 cm³/mol. The number of ether oxygens (including phenoxy) is 2. The molecule has 38 heavy (non-hydrogen) atoms. The van der Waals surface area contributed by atoms with Gasteiger partial charge in [0.15, 0.2) is 6.61 Å². The Morgan fingerprint density at radius 1 is 0.974 bits per heavy atom. The van der Waals surface area contributed by atoms with E-state index in [0.29, 0.717) is 23.6 Å². The van der Waals surface area contributed by atoms with Crippen LogP contribution in [0.2, 0.25) is 5.02 Å². The van der Waals surface area contributed by atoms with Crippen LogP contribution in [0.4, 0.5) is 0 Å². The number of para-hydroxylation sites is 1. The number of H-pyrrole nitrogens is 1. The third-order valence-corrected chi connectivity index (χ3v) is 6.29. The number of hydrogen-bond donors (Lipinski definition) is 3. The summed E-state index contributed by atoms with van der Waals surface area (Å²) in [6, 6.07) is 20.5. The summed E-state index contributed by atoms with van der Waals surface area (Å²) >= 11 is 5.92. The molecule has 0 aliphatic rings. The van der Waals surface area contributed by atoms with Crippen molar-refractivity contribution in [1.29, 1.82) is 0 Å². The molecule has 4 rings (SSSR count). The molecule has 0 saturated carbocycles. The summed E-state index contributed by atoms with van der Waals surface area (Å²) in [5.74, 6) is -0.827. The Hall–Kier alpha value is -4.30. The molecule has 1 unspecified atom stereocenters.